The van der Waals surface area contributed by atoms with Crippen molar-refractivity contribution in [3.05, 3.63) is 29.8 Å². The van der Waals surface area contributed by atoms with E-state index in [1.165, 1.54) is 43.5 Å². The van der Waals surface area contributed by atoms with Gasteiger partial charge in [0, 0.05) is 12.1 Å². The van der Waals surface area contributed by atoms with Gasteiger partial charge in [0.15, 0.2) is 6.61 Å². The normalized spacial score (nSPS) is 17.0. The van der Waals surface area contributed by atoms with Crippen molar-refractivity contribution in [1.29, 1.82) is 0 Å². The molecule has 7 nitrogen and oxygen atoms in total. The predicted molar refractivity (Wildman–Crippen MR) is 111 cm³/mol. The van der Waals surface area contributed by atoms with E-state index >= 15 is 0 Å². The number of carbonyl (C=O) groups is 2. The fourth-order valence-corrected chi connectivity index (χ4v) is 4.60. The predicted octanol–water partition coefficient (Wildman–Crippen LogP) is 3.15. The molecule has 2 N–H and O–H groups in total. The Morgan fingerprint density at radius 2 is 1.66 bits per heavy atom. The number of sulfonamides is 1. The van der Waals surface area contributed by atoms with E-state index in [4.69, 9.17) is 4.74 Å². The number of amides is 1. The average Bonchev–Trinajstić information content (AvgIpc) is 2.67. The number of carbonyl (C=O) groups excluding carboxylic acids is 2. The zero-order valence-electron chi connectivity index (χ0n) is 17.3. The second-order valence-electron chi connectivity index (χ2n) is 7.64. The molecule has 1 atom stereocenters. The SMILES string of the molecule is CCC(C)NS(=O)(=O)c1ccc(C(=O)OCC(=O)NC2CCCCCCC2)cc1. The fourth-order valence-electron chi connectivity index (χ4n) is 3.27. The van der Waals surface area contributed by atoms with Crippen LogP contribution in [-0.2, 0) is 19.6 Å². The lowest BCUT2D eigenvalue weighted by molar-refractivity contribution is -0.125. The van der Waals surface area contributed by atoms with Crippen molar-refractivity contribution in [2.45, 2.75) is 82.2 Å². The molecule has 0 heterocycles. The highest BCUT2D eigenvalue weighted by Gasteiger charge is 2.19. The molecule has 1 fully saturated rings. The van der Waals surface area contributed by atoms with E-state index in [1.807, 2.05) is 6.92 Å². The van der Waals surface area contributed by atoms with E-state index in [-0.39, 0.29) is 35.1 Å². The van der Waals surface area contributed by atoms with Crippen LogP contribution < -0.4 is 10.0 Å². The number of rotatable bonds is 8. The van der Waals surface area contributed by atoms with Crippen LogP contribution in [-0.4, -0.2) is 39.0 Å². The zero-order valence-corrected chi connectivity index (χ0v) is 18.1. The molecule has 8 heteroatoms. The highest BCUT2D eigenvalue weighted by molar-refractivity contribution is 7.89. The minimum atomic E-state index is -3.63. The number of nitrogens with one attached hydrogen (secondary N) is 2. The Balaban J connectivity index is 1.85. The molecule has 1 aliphatic carbocycles. The number of hydrogen-bond donors (Lipinski definition) is 2. The van der Waals surface area contributed by atoms with Gasteiger partial charge in [-0.15, -0.1) is 0 Å². The summed E-state index contributed by atoms with van der Waals surface area (Å²) in [7, 11) is -3.63. The average molecular weight is 425 g/mol. The fraction of sp³-hybridized carbons (Fsp3) is 0.619. The van der Waals surface area contributed by atoms with Gasteiger partial charge < -0.3 is 10.1 Å². The molecule has 2 rings (SSSR count). The van der Waals surface area contributed by atoms with Crippen molar-refractivity contribution in [3.63, 3.8) is 0 Å². The molecule has 1 amide bonds. The quantitative estimate of drug-likeness (QED) is 0.624. The van der Waals surface area contributed by atoms with Gasteiger partial charge in [0.1, 0.15) is 0 Å². The molecule has 0 aromatic heterocycles. The van der Waals surface area contributed by atoms with Gasteiger partial charge in [-0.3, -0.25) is 4.79 Å². The summed E-state index contributed by atoms with van der Waals surface area (Å²) in [5, 5.41) is 2.94. The summed E-state index contributed by atoms with van der Waals surface area (Å²) < 4.78 is 32.1. The van der Waals surface area contributed by atoms with Gasteiger partial charge in [-0.05, 0) is 50.5 Å². The maximum Gasteiger partial charge on any atom is 0.338 e. The third kappa shape index (κ3) is 7.78. The van der Waals surface area contributed by atoms with Crippen molar-refractivity contribution >= 4 is 21.9 Å². The molecule has 1 saturated carbocycles. The third-order valence-corrected chi connectivity index (χ3v) is 6.78. The van der Waals surface area contributed by atoms with E-state index in [2.05, 4.69) is 10.0 Å². The van der Waals surface area contributed by atoms with Gasteiger partial charge in [0.05, 0.1) is 10.5 Å². The molecule has 29 heavy (non-hydrogen) atoms. The Morgan fingerprint density at radius 1 is 1.07 bits per heavy atom. The van der Waals surface area contributed by atoms with Gasteiger partial charge in [0.25, 0.3) is 5.91 Å². The monoisotopic (exact) mass is 424 g/mol. The summed E-state index contributed by atoms with van der Waals surface area (Å²) in [5.41, 5.74) is 0.200. The first-order valence-corrected chi connectivity index (χ1v) is 11.9. The van der Waals surface area contributed by atoms with E-state index in [0.29, 0.717) is 6.42 Å². The van der Waals surface area contributed by atoms with Crippen LogP contribution in [0.1, 0.15) is 75.6 Å². The molecule has 1 aromatic rings. The lowest BCUT2D eigenvalue weighted by atomic mass is 9.97. The highest BCUT2D eigenvalue weighted by Crippen LogP contribution is 2.17. The van der Waals surface area contributed by atoms with Crippen LogP contribution in [0.25, 0.3) is 0 Å². The van der Waals surface area contributed by atoms with Crippen LogP contribution in [0.5, 0.6) is 0 Å². The lowest BCUT2D eigenvalue weighted by Crippen LogP contribution is -2.38. The zero-order chi connectivity index (χ0) is 21.3. The largest absolute Gasteiger partial charge is 0.452 e. The Bertz CT molecular complexity index is 769. The number of ether oxygens (including phenoxy) is 1. The van der Waals surface area contributed by atoms with Gasteiger partial charge in [-0.25, -0.2) is 17.9 Å². The first-order valence-electron chi connectivity index (χ1n) is 10.4. The van der Waals surface area contributed by atoms with Crippen LogP contribution in [0.3, 0.4) is 0 Å². The second kappa shape index (κ2) is 11.3. The molecular weight excluding hydrogens is 392 g/mol. The molecule has 0 radical (unpaired) electrons. The molecule has 0 saturated heterocycles. The van der Waals surface area contributed by atoms with E-state index in [9.17, 15) is 18.0 Å². The highest BCUT2D eigenvalue weighted by atomic mass is 32.2. The van der Waals surface area contributed by atoms with Gasteiger partial charge in [-0.2, -0.15) is 0 Å². The molecule has 1 aromatic carbocycles. The summed E-state index contributed by atoms with van der Waals surface area (Å²) in [6, 6.07) is 5.46. The van der Waals surface area contributed by atoms with Crippen molar-refractivity contribution in [3.8, 4) is 0 Å². The molecule has 0 aliphatic heterocycles. The minimum Gasteiger partial charge on any atom is -0.452 e. The second-order valence-corrected chi connectivity index (χ2v) is 9.35. The number of hydrogen-bond acceptors (Lipinski definition) is 5. The van der Waals surface area contributed by atoms with Gasteiger partial charge in [0.2, 0.25) is 10.0 Å². The molecule has 1 aliphatic rings. The number of esters is 1. The minimum absolute atomic E-state index is 0.0800. The summed E-state index contributed by atoms with van der Waals surface area (Å²) in [6.07, 6.45) is 8.44. The van der Waals surface area contributed by atoms with E-state index < -0.39 is 16.0 Å². The first-order chi connectivity index (χ1) is 13.8. The Labute approximate surface area is 173 Å². The van der Waals surface area contributed by atoms with E-state index in [0.717, 1.165) is 25.7 Å². The third-order valence-electron chi connectivity index (χ3n) is 5.17. The Morgan fingerprint density at radius 3 is 2.24 bits per heavy atom. The topological polar surface area (TPSA) is 102 Å². The standard InChI is InChI=1S/C21H32N2O5S/c1-3-16(2)23-29(26,27)19-13-11-17(12-14-19)21(25)28-15-20(24)22-18-9-7-5-4-6-8-10-18/h11-14,16,18,23H,3-10,15H2,1-2H3,(H,22,24). The maximum atomic E-state index is 12.3. The smallest absolute Gasteiger partial charge is 0.338 e. The Hall–Kier alpha value is -1.93. The molecule has 1 unspecified atom stereocenters. The van der Waals surface area contributed by atoms with Crippen molar-refractivity contribution < 1.29 is 22.7 Å². The summed E-state index contributed by atoms with van der Waals surface area (Å²) in [4.78, 5) is 24.3. The van der Waals surface area contributed by atoms with Crippen molar-refractivity contribution in [2.24, 2.45) is 0 Å². The lowest BCUT2D eigenvalue weighted by Gasteiger charge is -2.20. The maximum absolute atomic E-state index is 12.3. The summed E-state index contributed by atoms with van der Waals surface area (Å²) in [6.45, 7) is 3.33. The molecular formula is C21H32N2O5S. The van der Waals surface area contributed by atoms with Crippen LogP contribution in [0.2, 0.25) is 0 Å². The first kappa shape index (κ1) is 23.3. The Kier molecular flexibility index (Phi) is 9.10. The summed E-state index contributed by atoms with van der Waals surface area (Å²) in [5.74, 6) is -0.961. The van der Waals surface area contributed by atoms with Crippen LogP contribution in [0.4, 0.5) is 0 Å². The van der Waals surface area contributed by atoms with Crippen LogP contribution in [0.15, 0.2) is 29.2 Å². The molecule has 0 spiro atoms. The molecule has 0 bridgehead atoms. The summed E-state index contributed by atoms with van der Waals surface area (Å²) >= 11 is 0. The van der Waals surface area contributed by atoms with Gasteiger partial charge in [-0.1, -0.05) is 39.0 Å². The van der Waals surface area contributed by atoms with Crippen molar-refractivity contribution in [2.75, 3.05) is 6.61 Å². The number of benzene rings is 1. The van der Waals surface area contributed by atoms with Crippen molar-refractivity contribution in [1.82, 2.24) is 10.0 Å². The van der Waals surface area contributed by atoms with Crippen LogP contribution in [0, 0.1) is 0 Å². The van der Waals surface area contributed by atoms with E-state index in [1.54, 1.807) is 6.92 Å². The van der Waals surface area contributed by atoms with Gasteiger partial charge >= 0.3 is 5.97 Å². The van der Waals surface area contributed by atoms with Crippen LogP contribution >= 0.6 is 0 Å². The molecule has 162 valence electrons.